The molecule has 0 aliphatic carbocycles. The van der Waals surface area contributed by atoms with Gasteiger partial charge in [0.1, 0.15) is 0 Å². The lowest BCUT2D eigenvalue weighted by atomic mass is 9.97. The third-order valence-electron chi connectivity index (χ3n) is 3.87. The first kappa shape index (κ1) is 10.8. The van der Waals surface area contributed by atoms with Crippen molar-refractivity contribution in [2.75, 3.05) is 6.54 Å². The Bertz CT molecular complexity index is 729. The van der Waals surface area contributed by atoms with E-state index < -0.39 is 0 Å². The molecule has 2 heterocycles. The van der Waals surface area contributed by atoms with Crippen molar-refractivity contribution in [3.63, 3.8) is 0 Å². The summed E-state index contributed by atoms with van der Waals surface area (Å²) >= 11 is 0. The highest BCUT2D eigenvalue weighted by Gasteiger charge is 2.22. The molecule has 2 aromatic carbocycles. The van der Waals surface area contributed by atoms with Gasteiger partial charge in [-0.1, -0.05) is 42.5 Å². The highest BCUT2D eigenvalue weighted by molar-refractivity contribution is 5.78. The topological polar surface area (TPSA) is 29.9 Å². The predicted molar refractivity (Wildman–Crippen MR) is 76.0 cm³/mol. The van der Waals surface area contributed by atoms with Gasteiger partial charge in [0.15, 0.2) is 0 Å². The highest BCUT2D eigenvalue weighted by atomic mass is 15.3. The molecule has 1 aliphatic heterocycles. The van der Waals surface area contributed by atoms with E-state index in [2.05, 4.69) is 63.6 Å². The van der Waals surface area contributed by atoms with E-state index in [0.29, 0.717) is 0 Å². The Hall–Kier alpha value is -2.13. The summed E-state index contributed by atoms with van der Waals surface area (Å²) in [7, 11) is 0. The molecule has 94 valence electrons. The van der Waals surface area contributed by atoms with Crippen molar-refractivity contribution in [2.45, 2.75) is 12.6 Å². The van der Waals surface area contributed by atoms with Crippen LogP contribution in [-0.4, -0.2) is 16.3 Å². The van der Waals surface area contributed by atoms with E-state index in [-0.39, 0.29) is 6.04 Å². The molecule has 0 saturated carbocycles. The van der Waals surface area contributed by atoms with Crippen molar-refractivity contribution >= 4 is 10.9 Å². The first-order valence-electron chi connectivity index (χ1n) is 6.64. The van der Waals surface area contributed by atoms with E-state index in [1.54, 1.807) is 0 Å². The molecule has 0 radical (unpaired) electrons. The molecule has 3 heteroatoms. The van der Waals surface area contributed by atoms with E-state index in [4.69, 9.17) is 0 Å². The zero-order valence-corrected chi connectivity index (χ0v) is 10.6. The van der Waals surface area contributed by atoms with Gasteiger partial charge in [0, 0.05) is 18.5 Å². The Morgan fingerprint density at radius 1 is 1.05 bits per heavy atom. The van der Waals surface area contributed by atoms with E-state index in [9.17, 15) is 0 Å². The second-order valence-electron chi connectivity index (χ2n) is 4.99. The minimum Gasteiger partial charge on any atom is -0.310 e. The van der Waals surface area contributed by atoms with Gasteiger partial charge in [-0.05, 0) is 17.2 Å². The maximum absolute atomic E-state index is 4.59. The molecule has 3 aromatic rings. The number of aromatic nitrogens is 2. The molecule has 1 N–H and O–H groups in total. The Kier molecular flexibility index (Phi) is 2.38. The molecular weight excluding hydrogens is 234 g/mol. The predicted octanol–water partition coefficient (Wildman–Crippen LogP) is 2.73. The van der Waals surface area contributed by atoms with Crippen LogP contribution in [0.4, 0.5) is 0 Å². The summed E-state index contributed by atoms with van der Waals surface area (Å²) in [5.41, 5.74) is 3.96. The molecule has 1 atom stereocenters. The van der Waals surface area contributed by atoms with E-state index in [1.807, 2.05) is 6.20 Å². The summed E-state index contributed by atoms with van der Waals surface area (Å²) in [6, 6.07) is 17.3. The first-order chi connectivity index (χ1) is 9.43. The quantitative estimate of drug-likeness (QED) is 0.718. The summed E-state index contributed by atoms with van der Waals surface area (Å²) in [4.78, 5) is 0. The maximum Gasteiger partial charge on any atom is 0.0903 e. The van der Waals surface area contributed by atoms with Crippen LogP contribution in [0.3, 0.4) is 0 Å². The van der Waals surface area contributed by atoms with Gasteiger partial charge in [-0.2, -0.15) is 5.10 Å². The standard InChI is InChI=1S/C16H15N3/c1-3-7-14-12(5-1)9-17-11-16(14)19-15-8-4-2-6-13(15)10-18-19/h1-8,10,16-17H,9,11H2. The number of nitrogens with one attached hydrogen (secondary N) is 1. The highest BCUT2D eigenvalue weighted by Crippen LogP contribution is 2.27. The van der Waals surface area contributed by atoms with Crippen LogP contribution >= 0.6 is 0 Å². The molecule has 0 saturated heterocycles. The molecule has 1 aromatic heterocycles. The third kappa shape index (κ3) is 1.66. The number of hydrogen-bond donors (Lipinski definition) is 1. The number of benzene rings is 2. The van der Waals surface area contributed by atoms with Gasteiger partial charge >= 0.3 is 0 Å². The van der Waals surface area contributed by atoms with Crippen molar-refractivity contribution in [1.82, 2.24) is 15.1 Å². The molecule has 4 rings (SSSR count). The zero-order valence-electron chi connectivity index (χ0n) is 10.6. The smallest absolute Gasteiger partial charge is 0.0903 e. The fourth-order valence-electron chi connectivity index (χ4n) is 2.93. The van der Waals surface area contributed by atoms with Crippen LogP contribution in [0.25, 0.3) is 10.9 Å². The summed E-state index contributed by atoms with van der Waals surface area (Å²) in [5, 5.41) is 9.28. The zero-order chi connectivity index (χ0) is 12.7. The SMILES string of the molecule is c1ccc2c(c1)CNCC2n1ncc2ccccc21. The Morgan fingerprint density at radius 2 is 1.89 bits per heavy atom. The normalized spacial score (nSPS) is 18.4. The van der Waals surface area contributed by atoms with Crippen LogP contribution in [0.5, 0.6) is 0 Å². The first-order valence-corrected chi connectivity index (χ1v) is 6.64. The average molecular weight is 249 g/mol. The van der Waals surface area contributed by atoms with E-state index >= 15 is 0 Å². The fraction of sp³-hybridized carbons (Fsp3) is 0.188. The average Bonchev–Trinajstić information content (AvgIpc) is 2.90. The van der Waals surface area contributed by atoms with Gasteiger partial charge in [0.2, 0.25) is 0 Å². The molecule has 1 unspecified atom stereocenters. The summed E-state index contributed by atoms with van der Waals surface area (Å²) < 4.78 is 2.14. The number of hydrogen-bond acceptors (Lipinski definition) is 2. The minimum atomic E-state index is 0.282. The van der Waals surface area contributed by atoms with Crippen molar-refractivity contribution < 1.29 is 0 Å². The van der Waals surface area contributed by atoms with Crippen LogP contribution < -0.4 is 5.32 Å². The third-order valence-corrected chi connectivity index (χ3v) is 3.87. The van der Waals surface area contributed by atoms with Gasteiger partial charge in [-0.15, -0.1) is 0 Å². The van der Waals surface area contributed by atoms with Gasteiger partial charge in [0.05, 0.1) is 17.8 Å². The molecule has 3 nitrogen and oxygen atoms in total. The van der Waals surface area contributed by atoms with Crippen molar-refractivity contribution in [3.05, 3.63) is 65.9 Å². The van der Waals surface area contributed by atoms with Crippen molar-refractivity contribution in [3.8, 4) is 0 Å². The number of rotatable bonds is 1. The van der Waals surface area contributed by atoms with Crippen molar-refractivity contribution in [2.24, 2.45) is 0 Å². The van der Waals surface area contributed by atoms with Gasteiger partial charge in [-0.25, -0.2) is 0 Å². The largest absolute Gasteiger partial charge is 0.310 e. The molecular formula is C16H15N3. The second kappa shape index (κ2) is 4.21. The fourth-order valence-corrected chi connectivity index (χ4v) is 2.93. The van der Waals surface area contributed by atoms with E-state index in [0.717, 1.165) is 13.1 Å². The Morgan fingerprint density at radius 3 is 2.89 bits per heavy atom. The molecule has 0 spiro atoms. The monoisotopic (exact) mass is 249 g/mol. The number of fused-ring (bicyclic) bond motifs is 2. The maximum atomic E-state index is 4.59. The van der Waals surface area contributed by atoms with Gasteiger partial charge < -0.3 is 5.32 Å². The Balaban J connectivity index is 1.90. The van der Waals surface area contributed by atoms with Crippen LogP contribution in [0.15, 0.2) is 54.7 Å². The lowest BCUT2D eigenvalue weighted by Gasteiger charge is -2.27. The van der Waals surface area contributed by atoms with Gasteiger partial charge in [0.25, 0.3) is 0 Å². The molecule has 0 fully saturated rings. The van der Waals surface area contributed by atoms with E-state index in [1.165, 1.54) is 22.0 Å². The second-order valence-corrected chi connectivity index (χ2v) is 4.99. The lowest BCUT2D eigenvalue weighted by Crippen LogP contribution is -2.32. The molecule has 1 aliphatic rings. The number of nitrogens with zero attached hydrogens (tertiary/aromatic N) is 2. The van der Waals surface area contributed by atoms with Gasteiger partial charge in [-0.3, -0.25) is 4.68 Å². The molecule has 19 heavy (non-hydrogen) atoms. The number of para-hydroxylation sites is 1. The molecule has 0 amide bonds. The minimum absolute atomic E-state index is 0.282. The van der Waals surface area contributed by atoms with Crippen LogP contribution in [-0.2, 0) is 6.54 Å². The van der Waals surface area contributed by atoms with Crippen LogP contribution in [0, 0.1) is 0 Å². The Labute approximate surface area is 111 Å². The summed E-state index contributed by atoms with van der Waals surface area (Å²) in [5.74, 6) is 0. The summed E-state index contributed by atoms with van der Waals surface area (Å²) in [6.07, 6.45) is 1.95. The summed E-state index contributed by atoms with van der Waals surface area (Å²) in [6.45, 7) is 1.88. The molecule has 0 bridgehead atoms. The van der Waals surface area contributed by atoms with Crippen molar-refractivity contribution in [1.29, 1.82) is 0 Å². The lowest BCUT2D eigenvalue weighted by molar-refractivity contribution is 0.462. The van der Waals surface area contributed by atoms with Crippen LogP contribution in [0.1, 0.15) is 17.2 Å². The van der Waals surface area contributed by atoms with Crippen LogP contribution in [0.2, 0.25) is 0 Å².